The molecule has 1 N–H and O–H groups in total. The minimum atomic E-state index is 0.0182. The summed E-state index contributed by atoms with van der Waals surface area (Å²) in [5.74, 6) is 0.565. The Bertz CT molecular complexity index is 567. The quantitative estimate of drug-likeness (QED) is 0.656. The van der Waals surface area contributed by atoms with Crippen LogP contribution in [-0.4, -0.2) is 13.1 Å². The first-order valence-corrected chi connectivity index (χ1v) is 6.33. The van der Waals surface area contributed by atoms with E-state index in [1.807, 2.05) is 12.1 Å². The molecule has 0 saturated carbocycles. The number of anilines is 1. The van der Waals surface area contributed by atoms with Crippen molar-refractivity contribution < 1.29 is 4.74 Å². The Hall–Kier alpha value is -1.71. The van der Waals surface area contributed by atoms with Crippen molar-refractivity contribution in [3.8, 4) is 5.75 Å². The van der Waals surface area contributed by atoms with Crippen LogP contribution < -0.4 is 9.64 Å². The highest BCUT2D eigenvalue weighted by molar-refractivity contribution is 6.30. The normalized spacial score (nSPS) is 10.1. The van der Waals surface area contributed by atoms with Crippen LogP contribution in [0, 0.1) is 5.41 Å². The first-order valence-electron chi connectivity index (χ1n) is 5.57. The third-order valence-electron chi connectivity index (χ3n) is 2.55. The molecule has 0 heterocycles. The van der Waals surface area contributed by atoms with E-state index >= 15 is 0 Å². The molecule has 2 aromatic rings. The number of ether oxygens (including phenoxy) is 1. The Balaban J connectivity index is 2.07. The third-order valence-corrected chi connectivity index (χ3v) is 3.05. The second-order valence-corrected chi connectivity index (χ2v) is 4.77. The highest BCUT2D eigenvalue weighted by Crippen LogP contribution is 2.19. The molecular weight excluding hydrogens is 283 g/mol. The van der Waals surface area contributed by atoms with Crippen LogP contribution in [0.15, 0.2) is 48.5 Å². The predicted octanol–water partition coefficient (Wildman–Crippen LogP) is 4.44. The van der Waals surface area contributed by atoms with E-state index in [9.17, 15) is 0 Å². The molecule has 19 heavy (non-hydrogen) atoms. The van der Waals surface area contributed by atoms with Crippen LogP contribution in [0.4, 0.5) is 5.69 Å². The van der Waals surface area contributed by atoms with E-state index in [1.165, 1.54) is 0 Å². The Morgan fingerprint density at radius 3 is 1.95 bits per heavy atom. The third kappa shape index (κ3) is 3.63. The van der Waals surface area contributed by atoms with Crippen molar-refractivity contribution in [3.05, 3.63) is 58.6 Å². The van der Waals surface area contributed by atoms with Gasteiger partial charge in [0.2, 0.25) is 0 Å². The van der Waals surface area contributed by atoms with Gasteiger partial charge in [0.05, 0.1) is 0 Å². The SMILES string of the molecule is CN(C(=N)Oc1ccc(Cl)cc1)c1ccc(Cl)cc1. The summed E-state index contributed by atoms with van der Waals surface area (Å²) in [6.07, 6.45) is 0. The first-order chi connectivity index (χ1) is 9.06. The van der Waals surface area contributed by atoms with Crippen molar-refractivity contribution in [3.63, 3.8) is 0 Å². The van der Waals surface area contributed by atoms with Crippen LogP contribution in [0.1, 0.15) is 0 Å². The number of rotatable bonds is 2. The number of hydrogen-bond acceptors (Lipinski definition) is 2. The number of amidine groups is 1. The summed E-state index contributed by atoms with van der Waals surface area (Å²) >= 11 is 11.6. The summed E-state index contributed by atoms with van der Waals surface area (Å²) in [5.41, 5.74) is 0.823. The fourth-order valence-electron chi connectivity index (χ4n) is 1.46. The average Bonchev–Trinajstić information content (AvgIpc) is 2.41. The van der Waals surface area contributed by atoms with E-state index in [0.717, 1.165) is 5.69 Å². The summed E-state index contributed by atoms with van der Waals surface area (Å²) in [6.45, 7) is 0. The molecule has 0 radical (unpaired) electrons. The topological polar surface area (TPSA) is 36.3 Å². The number of halogens is 2. The van der Waals surface area contributed by atoms with Crippen LogP contribution in [0.5, 0.6) is 5.75 Å². The summed E-state index contributed by atoms with van der Waals surface area (Å²) in [6, 6.07) is 14.1. The van der Waals surface area contributed by atoms with Gasteiger partial charge in [-0.25, -0.2) is 0 Å². The Labute approximate surface area is 121 Å². The van der Waals surface area contributed by atoms with Crippen molar-refractivity contribution in [2.45, 2.75) is 0 Å². The van der Waals surface area contributed by atoms with Gasteiger partial charge >= 0.3 is 0 Å². The van der Waals surface area contributed by atoms with Gasteiger partial charge in [-0.15, -0.1) is 0 Å². The molecule has 0 amide bonds. The van der Waals surface area contributed by atoms with Crippen molar-refractivity contribution in [2.24, 2.45) is 0 Å². The van der Waals surface area contributed by atoms with Crippen molar-refractivity contribution >= 4 is 34.9 Å². The maximum absolute atomic E-state index is 7.91. The first kappa shape index (κ1) is 13.7. The predicted molar refractivity (Wildman–Crippen MR) is 79.7 cm³/mol. The van der Waals surface area contributed by atoms with Crippen LogP contribution >= 0.6 is 23.2 Å². The number of nitrogens with zero attached hydrogens (tertiary/aromatic N) is 1. The molecule has 0 aliphatic rings. The highest BCUT2D eigenvalue weighted by atomic mass is 35.5. The number of nitrogens with one attached hydrogen (secondary N) is 1. The van der Waals surface area contributed by atoms with Crippen molar-refractivity contribution in [2.75, 3.05) is 11.9 Å². The maximum Gasteiger partial charge on any atom is 0.294 e. The van der Waals surface area contributed by atoms with Gasteiger partial charge in [0.15, 0.2) is 0 Å². The molecule has 0 unspecified atom stereocenters. The molecule has 0 fully saturated rings. The number of hydrogen-bond donors (Lipinski definition) is 1. The van der Waals surface area contributed by atoms with Gasteiger partial charge in [-0.3, -0.25) is 10.3 Å². The summed E-state index contributed by atoms with van der Waals surface area (Å²) in [5, 5.41) is 9.20. The summed E-state index contributed by atoms with van der Waals surface area (Å²) < 4.78 is 5.43. The molecule has 0 bridgehead atoms. The molecule has 0 saturated heterocycles. The molecule has 0 atom stereocenters. The van der Waals surface area contributed by atoms with Crippen LogP contribution in [0.3, 0.4) is 0 Å². The van der Waals surface area contributed by atoms with E-state index < -0.39 is 0 Å². The number of benzene rings is 2. The van der Waals surface area contributed by atoms with Gasteiger partial charge < -0.3 is 4.74 Å². The van der Waals surface area contributed by atoms with E-state index in [1.54, 1.807) is 48.3 Å². The van der Waals surface area contributed by atoms with Crippen LogP contribution in [0.2, 0.25) is 10.0 Å². The lowest BCUT2D eigenvalue weighted by molar-refractivity contribution is 0.531. The zero-order valence-corrected chi connectivity index (χ0v) is 11.7. The minimum Gasteiger partial charge on any atom is -0.426 e. The lowest BCUT2D eigenvalue weighted by atomic mass is 10.3. The lowest BCUT2D eigenvalue weighted by Gasteiger charge is -2.19. The summed E-state index contributed by atoms with van der Waals surface area (Å²) in [7, 11) is 1.75. The Kier molecular flexibility index (Phi) is 4.30. The van der Waals surface area contributed by atoms with Gasteiger partial charge in [0.25, 0.3) is 6.02 Å². The molecule has 0 aliphatic heterocycles. The molecule has 0 spiro atoms. The molecule has 5 heteroatoms. The fourth-order valence-corrected chi connectivity index (χ4v) is 1.72. The molecule has 0 aliphatic carbocycles. The van der Waals surface area contributed by atoms with Crippen LogP contribution in [-0.2, 0) is 0 Å². The smallest absolute Gasteiger partial charge is 0.294 e. The monoisotopic (exact) mass is 294 g/mol. The average molecular weight is 295 g/mol. The Morgan fingerprint density at radius 1 is 0.947 bits per heavy atom. The van der Waals surface area contributed by atoms with Crippen molar-refractivity contribution in [1.82, 2.24) is 0 Å². The fraction of sp³-hybridized carbons (Fsp3) is 0.0714. The molecule has 98 valence electrons. The second-order valence-electron chi connectivity index (χ2n) is 3.90. The van der Waals surface area contributed by atoms with Gasteiger partial charge in [-0.05, 0) is 48.5 Å². The van der Waals surface area contributed by atoms with Gasteiger partial charge in [-0.2, -0.15) is 0 Å². The molecule has 2 rings (SSSR count). The van der Waals surface area contributed by atoms with Crippen molar-refractivity contribution in [1.29, 1.82) is 5.41 Å². The Morgan fingerprint density at radius 2 is 1.42 bits per heavy atom. The van der Waals surface area contributed by atoms with Crippen LogP contribution in [0.25, 0.3) is 0 Å². The van der Waals surface area contributed by atoms with Gasteiger partial charge in [-0.1, -0.05) is 23.2 Å². The zero-order chi connectivity index (χ0) is 13.8. The minimum absolute atomic E-state index is 0.0182. The highest BCUT2D eigenvalue weighted by Gasteiger charge is 2.09. The largest absolute Gasteiger partial charge is 0.426 e. The van der Waals surface area contributed by atoms with E-state index in [4.69, 9.17) is 33.3 Å². The molecular formula is C14H12Cl2N2O. The van der Waals surface area contributed by atoms with E-state index in [0.29, 0.717) is 15.8 Å². The summed E-state index contributed by atoms with van der Waals surface area (Å²) in [4.78, 5) is 1.62. The van der Waals surface area contributed by atoms with Gasteiger partial charge in [0.1, 0.15) is 5.75 Å². The molecule has 0 aromatic heterocycles. The maximum atomic E-state index is 7.91. The van der Waals surface area contributed by atoms with E-state index in [-0.39, 0.29) is 6.02 Å². The van der Waals surface area contributed by atoms with E-state index in [2.05, 4.69) is 0 Å². The molecule has 3 nitrogen and oxygen atoms in total. The molecule has 2 aromatic carbocycles. The van der Waals surface area contributed by atoms with Gasteiger partial charge in [0, 0.05) is 22.8 Å². The second kappa shape index (κ2) is 5.95. The lowest BCUT2D eigenvalue weighted by Crippen LogP contribution is -2.30. The zero-order valence-electron chi connectivity index (χ0n) is 10.2. The standard InChI is InChI=1S/C14H12Cl2N2O/c1-18(12-6-2-10(15)3-7-12)14(17)19-13-8-4-11(16)5-9-13/h2-9,17H,1H3.